The first kappa shape index (κ1) is 19.8. The Kier molecular flexibility index (Phi) is 5.22. The van der Waals surface area contributed by atoms with Crippen LogP contribution >= 0.6 is 0 Å². The van der Waals surface area contributed by atoms with E-state index in [1.807, 2.05) is 36.1 Å². The zero-order valence-electron chi connectivity index (χ0n) is 18.2. The van der Waals surface area contributed by atoms with Gasteiger partial charge in [-0.2, -0.15) is 0 Å². The van der Waals surface area contributed by atoms with Crippen molar-refractivity contribution >= 4 is 22.8 Å². The number of amides is 1. The number of fused-ring (bicyclic) bond motifs is 2. The van der Waals surface area contributed by atoms with Crippen LogP contribution in [0, 0.1) is 19.8 Å². The number of carbonyl (C=O) groups is 1. The average molecular weight is 417 g/mol. The third-order valence-corrected chi connectivity index (χ3v) is 6.35. The molecule has 1 atom stereocenters. The highest BCUT2D eigenvalue weighted by atomic mass is 16.5. The van der Waals surface area contributed by atoms with Gasteiger partial charge in [0.25, 0.3) is 0 Å². The molecule has 6 nitrogen and oxygen atoms in total. The first-order valence-corrected chi connectivity index (χ1v) is 11.1. The zero-order chi connectivity index (χ0) is 21.4. The minimum atomic E-state index is -0.0453. The summed E-state index contributed by atoms with van der Waals surface area (Å²) in [7, 11) is 0. The van der Waals surface area contributed by atoms with Crippen LogP contribution in [0.4, 0.5) is 5.95 Å². The van der Waals surface area contributed by atoms with E-state index >= 15 is 0 Å². The second-order valence-electron chi connectivity index (χ2n) is 8.63. The molecule has 0 radical (unpaired) electrons. The normalized spacial score (nSPS) is 19.0. The van der Waals surface area contributed by atoms with Gasteiger partial charge in [-0.05, 0) is 44.4 Å². The number of ether oxygens (including phenoxy) is 1. The SMILES string of the molecule is Cc1ccc2c(C)nc(N3CCCC(C(=O)N4CCOc5ccccc5C4)C3)nc2c1. The Bertz CT molecular complexity index is 1130. The fourth-order valence-corrected chi connectivity index (χ4v) is 4.66. The highest BCUT2D eigenvalue weighted by Crippen LogP contribution is 2.28. The summed E-state index contributed by atoms with van der Waals surface area (Å²) in [5.41, 5.74) is 4.21. The van der Waals surface area contributed by atoms with Crippen LogP contribution in [0.25, 0.3) is 10.9 Å². The van der Waals surface area contributed by atoms with Gasteiger partial charge in [-0.15, -0.1) is 0 Å². The molecule has 0 bridgehead atoms. The molecule has 1 fully saturated rings. The van der Waals surface area contributed by atoms with E-state index in [0.29, 0.717) is 26.2 Å². The van der Waals surface area contributed by atoms with Crippen LogP contribution in [-0.4, -0.2) is 47.0 Å². The number of anilines is 1. The third kappa shape index (κ3) is 3.94. The Balaban J connectivity index is 1.36. The molecule has 31 heavy (non-hydrogen) atoms. The van der Waals surface area contributed by atoms with Gasteiger partial charge >= 0.3 is 0 Å². The summed E-state index contributed by atoms with van der Waals surface area (Å²) in [5.74, 6) is 1.78. The lowest BCUT2D eigenvalue weighted by Gasteiger charge is -2.34. The maximum Gasteiger partial charge on any atom is 0.227 e. The second-order valence-corrected chi connectivity index (χ2v) is 8.63. The van der Waals surface area contributed by atoms with Gasteiger partial charge in [0.05, 0.1) is 23.7 Å². The van der Waals surface area contributed by atoms with Crippen LogP contribution in [0.15, 0.2) is 42.5 Å². The highest BCUT2D eigenvalue weighted by Gasteiger charge is 2.31. The number of benzene rings is 2. The molecule has 5 rings (SSSR count). The molecule has 1 aromatic heterocycles. The number of aromatic nitrogens is 2. The van der Waals surface area contributed by atoms with Crippen molar-refractivity contribution < 1.29 is 9.53 Å². The number of aryl methyl sites for hydroxylation is 2. The Morgan fingerprint density at radius 1 is 1.10 bits per heavy atom. The predicted molar refractivity (Wildman–Crippen MR) is 121 cm³/mol. The van der Waals surface area contributed by atoms with Gasteiger partial charge in [0.2, 0.25) is 11.9 Å². The van der Waals surface area contributed by atoms with Crippen molar-refractivity contribution in [1.29, 1.82) is 0 Å². The maximum atomic E-state index is 13.4. The summed E-state index contributed by atoms with van der Waals surface area (Å²) in [4.78, 5) is 27.2. The molecule has 3 aromatic rings. The lowest BCUT2D eigenvalue weighted by atomic mass is 9.96. The van der Waals surface area contributed by atoms with E-state index in [1.54, 1.807) is 0 Å². The second kappa shape index (κ2) is 8.17. The smallest absolute Gasteiger partial charge is 0.227 e. The van der Waals surface area contributed by atoms with Crippen molar-refractivity contribution in [3.8, 4) is 5.75 Å². The Labute approximate surface area is 182 Å². The van der Waals surface area contributed by atoms with Crippen molar-refractivity contribution in [3.63, 3.8) is 0 Å². The first-order valence-electron chi connectivity index (χ1n) is 11.1. The van der Waals surface area contributed by atoms with Crippen LogP contribution in [0.3, 0.4) is 0 Å². The van der Waals surface area contributed by atoms with Crippen molar-refractivity contribution in [2.24, 2.45) is 5.92 Å². The lowest BCUT2D eigenvalue weighted by Crippen LogP contribution is -2.45. The van der Waals surface area contributed by atoms with Gasteiger partial charge < -0.3 is 14.5 Å². The van der Waals surface area contributed by atoms with E-state index in [2.05, 4.69) is 30.0 Å². The zero-order valence-corrected chi connectivity index (χ0v) is 18.2. The maximum absolute atomic E-state index is 13.4. The van der Waals surface area contributed by atoms with Gasteiger partial charge in [-0.25, -0.2) is 9.97 Å². The van der Waals surface area contributed by atoms with Crippen molar-refractivity contribution in [2.75, 3.05) is 31.1 Å². The molecule has 2 aliphatic rings. The Morgan fingerprint density at radius 2 is 1.97 bits per heavy atom. The molecule has 0 aliphatic carbocycles. The van der Waals surface area contributed by atoms with E-state index in [9.17, 15) is 4.79 Å². The molecule has 2 aromatic carbocycles. The number of hydrogen-bond donors (Lipinski definition) is 0. The van der Waals surface area contributed by atoms with Crippen LogP contribution in [-0.2, 0) is 11.3 Å². The van der Waals surface area contributed by atoms with E-state index < -0.39 is 0 Å². The molecule has 2 aliphatic heterocycles. The summed E-state index contributed by atoms with van der Waals surface area (Å²) in [6, 6.07) is 14.3. The Hall–Kier alpha value is -3.15. The fraction of sp³-hybridized carbons (Fsp3) is 0.400. The largest absolute Gasteiger partial charge is 0.491 e. The van der Waals surface area contributed by atoms with Crippen molar-refractivity contribution in [1.82, 2.24) is 14.9 Å². The molecule has 1 unspecified atom stereocenters. The quantitative estimate of drug-likeness (QED) is 0.634. The number of hydrogen-bond acceptors (Lipinski definition) is 5. The first-order chi connectivity index (χ1) is 15.1. The number of carbonyl (C=O) groups excluding carboxylic acids is 1. The summed E-state index contributed by atoms with van der Waals surface area (Å²) in [5, 5.41) is 1.09. The molecule has 1 amide bonds. The fourth-order valence-electron chi connectivity index (χ4n) is 4.66. The van der Waals surface area contributed by atoms with E-state index in [1.165, 1.54) is 5.56 Å². The van der Waals surface area contributed by atoms with Crippen LogP contribution in [0.5, 0.6) is 5.75 Å². The van der Waals surface area contributed by atoms with E-state index in [-0.39, 0.29) is 11.8 Å². The van der Waals surface area contributed by atoms with Crippen LogP contribution < -0.4 is 9.64 Å². The molecule has 0 spiro atoms. The molecule has 3 heterocycles. The minimum Gasteiger partial charge on any atom is -0.491 e. The van der Waals surface area contributed by atoms with Gasteiger partial charge in [-0.1, -0.05) is 30.3 Å². The summed E-state index contributed by atoms with van der Waals surface area (Å²) >= 11 is 0. The number of nitrogens with zero attached hydrogens (tertiary/aromatic N) is 4. The van der Waals surface area contributed by atoms with Crippen molar-refractivity contribution in [2.45, 2.75) is 33.2 Å². The van der Waals surface area contributed by atoms with E-state index in [0.717, 1.165) is 53.2 Å². The predicted octanol–water partition coefficient (Wildman–Crippen LogP) is 3.88. The molecule has 0 saturated carbocycles. The van der Waals surface area contributed by atoms with Gasteiger partial charge in [0, 0.05) is 30.6 Å². The minimum absolute atomic E-state index is 0.0453. The highest BCUT2D eigenvalue weighted by molar-refractivity contribution is 5.83. The molecular weight excluding hydrogens is 388 g/mol. The molecular formula is C25H28N4O2. The summed E-state index contributed by atoms with van der Waals surface area (Å²) in [6.45, 7) is 7.41. The molecule has 160 valence electrons. The monoisotopic (exact) mass is 416 g/mol. The summed E-state index contributed by atoms with van der Waals surface area (Å²) < 4.78 is 5.85. The average Bonchev–Trinajstić information content (AvgIpc) is 3.01. The number of rotatable bonds is 2. The Morgan fingerprint density at radius 3 is 2.87 bits per heavy atom. The standard InChI is InChI=1S/C25H28N4O2/c1-17-9-10-21-18(2)26-25(27-22(21)14-17)29-11-5-7-20(16-29)24(30)28-12-13-31-23-8-4-3-6-19(23)15-28/h3-4,6,8-10,14,20H,5,7,11-13,15-16H2,1-2H3. The van der Waals surface area contributed by atoms with Gasteiger partial charge in [-0.3, -0.25) is 4.79 Å². The van der Waals surface area contributed by atoms with Crippen LogP contribution in [0.1, 0.15) is 29.7 Å². The summed E-state index contributed by atoms with van der Waals surface area (Å²) in [6.07, 6.45) is 1.87. The third-order valence-electron chi connectivity index (χ3n) is 6.35. The van der Waals surface area contributed by atoms with E-state index in [4.69, 9.17) is 14.7 Å². The van der Waals surface area contributed by atoms with Gasteiger partial charge in [0.15, 0.2) is 0 Å². The van der Waals surface area contributed by atoms with Crippen molar-refractivity contribution in [3.05, 3.63) is 59.3 Å². The molecule has 1 saturated heterocycles. The van der Waals surface area contributed by atoms with Crippen LogP contribution in [0.2, 0.25) is 0 Å². The molecule has 6 heteroatoms. The molecule has 0 N–H and O–H groups in total. The number of piperidine rings is 1. The number of para-hydroxylation sites is 1. The lowest BCUT2D eigenvalue weighted by molar-refractivity contribution is -0.136. The topological polar surface area (TPSA) is 58.6 Å². The van der Waals surface area contributed by atoms with Gasteiger partial charge in [0.1, 0.15) is 12.4 Å².